The second-order valence-electron chi connectivity index (χ2n) is 4.03. The highest BCUT2D eigenvalue weighted by molar-refractivity contribution is 5.37. The number of hydrogen-bond acceptors (Lipinski definition) is 3. The van der Waals surface area contributed by atoms with Gasteiger partial charge in [0.05, 0.1) is 5.69 Å². The molecule has 1 heterocycles. The maximum atomic E-state index is 5.52. The summed E-state index contributed by atoms with van der Waals surface area (Å²) in [6.07, 6.45) is 2.09. The highest BCUT2D eigenvalue weighted by Gasteiger charge is 2.24. The summed E-state index contributed by atoms with van der Waals surface area (Å²) in [5.74, 6) is 0.837. The second kappa shape index (κ2) is 3.12. The SMILES string of the molecule is Nc1cc(C2Cc3ccccc3C2)no1. The van der Waals surface area contributed by atoms with Gasteiger partial charge in [-0.25, -0.2) is 0 Å². The van der Waals surface area contributed by atoms with Crippen molar-refractivity contribution >= 4 is 5.88 Å². The quantitative estimate of drug-likeness (QED) is 0.767. The largest absolute Gasteiger partial charge is 0.368 e. The summed E-state index contributed by atoms with van der Waals surface area (Å²) in [6.45, 7) is 0. The van der Waals surface area contributed by atoms with Gasteiger partial charge in [0.2, 0.25) is 5.88 Å². The molecule has 0 bridgehead atoms. The third-order valence-corrected chi connectivity index (χ3v) is 3.02. The minimum atomic E-state index is 0.404. The van der Waals surface area contributed by atoms with E-state index >= 15 is 0 Å². The molecule has 0 fully saturated rings. The molecule has 3 heteroatoms. The Kier molecular flexibility index (Phi) is 1.78. The fraction of sp³-hybridized carbons (Fsp3) is 0.250. The highest BCUT2D eigenvalue weighted by Crippen LogP contribution is 2.33. The van der Waals surface area contributed by atoms with Gasteiger partial charge in [-0.2, -0.15) is 0 Å². The predicted molar refractivity (Wildman–Crippen MR) is 57.5 cm³/mol. The van der Waals surface area contributed by atoms with Crippen LogP contribution in [-0.2, 0) is 12.8 Å². The normalized spacial score (nSPS) is 15.5. The van der Waals surface area contributed by atoms with Gasteiger partial charge in [0, 0.05) is 12.0 Å². The Bertz CT molecular complexity index is 465. The first-order valence-electron chi connectivity index (χ1n) is 5.12. The number of nitrogen functional groups attached to an aromatic ring is 1. The smallest absolute Gasteiger partial charge is 0.222 e. The molecule has 0 spiro atoms. The van der Waals surface area contributed by atoms with Gasteiger partial charge in [0.15, 0.2) is 0 Å². The number of aromatic nitrogens is 1. The standard InChI is InChI=1S/C12H12N2O/c13-12-7-11(14-15-12)10-5-8-3-1-2-4-9(8)6-10/h1-4,7,10H,5-6,13H2. The zero-order valence-electron chi connectivity index (χ0n) is 8.31. The summed E-state index contributed by atoms with van der Waals surface area (Å²) in [5, 5.41) is 3.98. The van der Waals surface area contributed by atoms with Crippen LogP contribution in [0.1, 0.15) is 22.7 Å². The van der Waals surface area contributed by atoms with Crippen molar-refractivity contribution in [2.75, 3.05) is 5.73 Å². The lowest BCUT2D eigenvalue weighted by molar-refractivity contribution is 0.420. The Hall–Kier alpha value is -1.77. The van der Waals surface area contributed by atoms with Crippen LogP contribution in [0.15, 0.2) is 34.9 Å². The molecule has 0 radical (unpaired) electrons. The molecule has 1 aromatic heterocycles. The van der Waals surface area contributed by atoms with Crippen molar-refractivity contribution in [2.45, 2.75) is 18.8 Å². The van der Waals surface area contributed by atoms with E-state index in [1.54, 1.807) is 0 Å². The topological polar surface area (TPSA) is 52.0 Å². The minimum absolute atomic E-state index is 0.404. The lowest BCUT2D eigenvalue weighted by Crippen LogP contribution is -1.97. The number of rotatable bonds is 1. The van der Waals surface area contributed by atoms with Crippen molar-refractivity contribution in [3.05, 3.63) is 47.2 Å². The number of anilines is 1. The molecule has 0 amide bonds. The zero-order valence-corrected chi connectivity index (χ0v) is 8.31. The summed E-state index contributed by atoms with van der Waals surface area (Å²) < 4.78 is 4.90. The van der Waals surface area contributed by atoms with Crippen molar-refractivity contribution in [2.24, 2.45) is 0 Å². The Labute approximate surface area is 87.9 Å². The van der Waals surface area contributed by atoms with Crippen LogP contribution in [0.2, 0.25) is 0 Å². The molecule has 2 aromatic rings. The lowest BCUT2D eigenvalue weighted by Gasteiger charge is -2.01. The zero-order chi connectivity index (χ0) is 10.3. The first kappa shape index (κ1) is 8.53. The van der Waals surface area contributed by atoms with Crippen molar-refractivity contribution in [3.8, 4) is 0 Å². The highest BCUT2D eigenvalue weighted by atomic mass is 16.5. The van der Waals surface area contributed by atoms with Crippen LogP contribution in [0.3, 0.4) is 0 Å². The number of nitrogens with zero attached hydrogens (tertiary/aromatic N) is 1. The molecular formula is C12H12N2O. The third-order valence-electron chi connectivity index (χ3n) is 3.02. The number of nitrogens with two attached hydrogens (primary N) is 1. The molecule has 3 nitrogen and oxygen atoms in total. The van der Waals surface area contributed by atoms with Crippen LogP contribution in [0, 0.1) is 0 Å². The second-order valence-corrected chi connectivity index (χ2v) is 4.03. The van der Waals surface area contributed by atoms with E-state index in [-0.39, 0.29) is 0 Å². The Morgan fingerprint density at radius 3 is 2.40 bits per heavy atom. The maximum Gasteiger partial charge on any atom is 0.222 e. The Balaban J connectivity index is 1.90. The molecule has 3 rings (SSSR count). The predicted octanol–water partition coefficient (Wildman–Crippen LogP) is 2.14. The molecule has 0 atom stereocenters. The van der Waals surface area contributed by atoms with Gasteiger partial charge in [0.1, 0.15) is 0 Å². The molecule has 0 saturated carbocycles. The van der Waals surface area contributed by atoms with E-state index in [0.717, 1.165) is 18.5 Å². The van der Waals surface area contributed by atoms with E-state index in [2.05, 4.69) is 29.4 Å². The Morgan fingerprint density at radius 1 is 1.20 bits per heavy atom. The van der Waals surface area contributed by atoms with E-state index in [4.69, 9.17) is 10.3 Å². The summed E-state index contributed by atoms with van der Waals surface area (Å²) in [5.41, 5.74) is 9.34. The molecule has 76 valence electrons. The van der Waals surface area contributed by atoms with Gasteiger partial charge >= 0.3 is 0 Å². The number of benzene rings is 1. The first-order valence-corrected chi connectivity index (χ1v) is 5.12. The minimum Gasteiger partial charge on any atom is -0.368 e. The molecular weight excluding hydrogens is 188 g/mol. The van der Waals surface area contributed by atoms with Gasteiger partial charge in [-0.1, -0.05) is 29.4 Å². The van der Waals surface area contributed by atoms with E-state index in [1.807, 2.05) is 6.07 Å². The monoisotopic (exact) mass is 200 g/mol. The van der Waals surface area contributed by atoms with E-state index < -0.39 is 0 Å². The average Bonchev–Trinajstić information content (AvgIpc) is 2.82. The molecule has 1 aliphatic carbocycles. The summed E-state index contributed by atoms with van der Waals surface area (Å²) in [6, 6.07) is 10.4. The molecule has 0 aliphatic heterocycles. The molecule has 0 unspecified atom stereocenters. The van der Waals surface area contributed by atoms with Crippen LogP contribution in [0.25, 0.3) is 0 Å². The fourth-order valence-corrected chi connectivity index (χ4v) is 2.26. The van der Waals surface area contributed by atoms with E-state index in [9.17, 15) is 0 Å². The molecule has 0 saturated heterocycles. The van der Waals surface area contributed by atoms with Crippen LogP contribution in [0.4, 0.5) is 5.88 Å². The van der Waals surface area contributed by atoms with Crippen molar-refractivity contribution in [1.82, 2.24) is 5.16 Å². The third kappa shape index (κ3) is 1.40. The van der Waals surface area contributed by atoms with Gasteiger partial charge in [-0.3, -0.25) is 0 Å². The molecule has 15 heavy (non-hydrogen) atoms. The van der Waals surface area contributed by atoms with Crippen LogP contribution < -0.4 is 5.73 Å². The van der Waals surface area contributed by atoms with Crippen molar-refractivity contribution in [3.63, 3.8) is 0 Å². The van der Waals surface area contributed by atoms with E-state index in [0.29, 0.717) is 11.8 Å². The Morgan fingerprint density at radius 2 is 1.87 bits per heavy atom. The van der Waals surface area contributed by atoms with E-state index in [1.165, 1.54) is 11.1 Å². The average molecular weight is 200 g/mol. The van der Waals surface area contributed by atoms with Gasteiger partial charge < -0.3 is 10.3 Å². The summed E-state index contributed by atoms with van der Waals surface area (Å²) in [7, 11) is 0. The molecule has 1 aliphatic rings. The first-order chi connectivity index (χ1) is 7.33. The summed E-state index contributed by atoms with van der Waals surface area (Å²) >= 11 is 0. The van der Waals surface area contributed by atoms with Gasteiger partial charge in [-0.05, 0) is 24.0 Å². The van der Waals surface area contributed by atoms with Crippen molar-refractivity contribution < 1.29 is 4.52 Å². The lowest BCUT2D eigenvalue weighted by atomic mass is 10.0. The summed E-state index contributed by atoms with van der Waals surface area (Å²) in [4.78, 5) is 0. The molecule has 2 N–H and O–H groups in total. The fourth-order valence-electron chi connectivity index (χ4n) is 2.26. The molecule has 1 aromatic carbocycles. The van der Waals surface area contributed by atoms with Crippen LogP contribution in [-0.4, -0.2) is 5.16 Å². The van der Waals surface area contributed by atoms with Crippen molar-refractivity contribution in [1.29, 1.82) is 0 Å². The van der Waals surface area contributed by atoms with Crippen LogP contribution >= 0.6 is 0 Å². The van der Waals surface area contributed by atoms with Gasteiger partial charge in [-0.15, -0.1) is 0 Å². The van der Waals surface area contributed by atoms with Gasteiger partial charge in [0.25, 0.3) is 0 Å². The van der Waals surface area contributed by atoms with Crippen LogP contribution in [0.5, 0.6) is 0 Å². The number of fused-ring (bicyclic) bond motifs is 1. The maximum absolute atomic E-state index is 5.52. The number of hydrogen-bond donors (Lipinski definition) is 1.